The van der Waals surface area contributed by atoms with Crippen molar-refractivity contribution in [1.29, 1.82) is 0 Å². The Kier molecular flexibility index (Phi) is 4.26. The summed E-state index contributed by atoms with van der Waals surface area (Å²) in [5, 5.41) is 0. The summed E-state index contributed by atoms with van der Waals surface area (Å²) in [6.45, 7) is 3.99. The molecule has 1 aliphatic carbocycles. The Morgan fingerprint density at radius 1 is 1.47 bits per heavy atom. The number of carbonyl (C=O) groups is 1. The minimum Gasteiger partial charge on any atom is -0.300 e. The van der Waals surface area contributed by atoms with Crippen molar-refractivity contribution in [3.05, 3.63) is 30.1 Å². The van der Waals surface area contributed by atoms with E-state index >= 15 is 0 Å². The van der Waals surface area contributed by atoms with Crippen molar-refractivity contribution < 1.29 is 4.79 Å². The van der Waals surface area contributed by atoms with E-state index in [1.807, 2.05) is 24.4 Å². The molecule has 0 spiro atoms. The molecule has 3 heteroatoms. The van der Waals surface area contributed by atoms with Crippen LogP contribution in [0.3, 0.4) is 0 Å². The number of nitrogens with zero attached hydrogens (tertiary/aromatic N) is 2. The second-order valence-corrected chi connectivity index (χ2v) is 4.67. The van der Waals surface area contributed by atoms with Crippen LogP contribution in [0.5, 0.6) is 0 Å². The number of rotatable bonds is 4. The number of carbonyl (C=O) groups excluding carboxylic acids is 1. The molecule has 1 heterocycles. The summed E-state index contributed by atoms with van der Waals surface area (Å²) in [7, 11) is 0. The zero-order chi connectivity index (χ0) is 12.1. The Hall–Kier alpha value is -1.22. The van der Waals surface area contributed by atoms with E-state index in [4.69, 9.17) is 0 Å². The molecule has 1 atom stereocenters. The maximum atomic E-state index is 11.5. The summed E-state index contributed by atoms with van der Waals surface area (Å²) in [4.78, 5) is 18.2. The summed E-state index contributed by atoms with van der Waals surface area (Å²) in [6.07, 6.45) is 5.52. The van der Waals surface area contributed by atoms with Crippen LogP contribution in [0.25, 0.3) is 0 Å². The molecule has 0 N–H and O–H groups in total. The van der Waals surface area contributed by atoms with E-state index in [0.29, 0.717) is 11.8 Å². The van der Waals surface area contributed by atoms with Crippen molar-refractivity contribution in [1.82, 2.24) is 9.88 Å². The van der Waals surface area contributed by atoms with Crippen LogP contribution < -0.4 is 0 Å². The Balaban J connectivity index is 1.98. The number of ketones is 1. The van der Waals surface area contributed by atoms with Gasteiger partial charge in [-0.05, 0) is 31.5 Å². The fourth-order valence-corrected chi connectivity index (χ4v) is 2.51. The summed E-state index contributed by atoms with van der Waals surface area (Å²) in [5.74, 6) is 0.417. The third kappa shape index (κ3) is 3.37. The Morgan fingerprint density at radius 3 is 3.00 bits per heavy atom. The zero-order valence-electron chi connectivity index (χ0n) is 10.4. The number of hydrogen-bond donors (Lipinski definition) is 0. The molecular formula is C14H20N2O. The summed E-state index contributed by atoms with van der Waals surface area (Å²) in [6, 6.07) is 6.42. The number of aromatic nitrogens is 1. The number of pyridine rings is 1. The van der Waals surface area contributed by atoms with Crippen molar-refractivity contribution in [3.63, 3.8) is 0 Å². The first-order chi connectivity index (χ1) is 8.29. The molecule has 0 aromatic carbocycles. The van der Waals surface area contributed by atoms with Gasteiger partial charge in [0.25, 0.3) is 0 Å². The largest absolute Gasteiger partial charge is 0.300 e. The normalized spacial score (nSPS) is 20.8. The minimum atomic E-state index is 0.417. The van der Waals surface area contributed by atoms with Gasteiger partial charge in [0.05, 0.1) is 5.69 Å². The van der Waals surface area contributed by atoms with Crippen molar-refractivity contribution in [3.8, 4) is 0 Å². The molecule has 17 heavy (non-hydrogen) atoms. The topological polar surface area (TPSA) is 33.2 Å². The van der Waals surface area contributed by atoms with Crippen molar-refractivity contribution >= 4 is 5.78 Å². The van der Waals surface area contributed by atoms with Gasteiger partial charge in [-0.15, -0.1) is 0 Å². The third-order valence-corrected chi connectivity index (χ3v) is 3.47. The van der Waals surface area contributed by atoms with Crippen LogP contribution in [0.15, 0.2) is 24.4 Å². The van der Waals surface area contributed by atoms with Crippen molar-refractivity contribution in [2.45, 2.75) is 45.2 Å². The zero-order valence-corrected chi connectivity index (χ0v) is 10.4. The lowest BCUT2D eigenvalue weighted by Crippen LogP contribution is -2.38. The monoisotopic (exact) mass is 232 g/mol. The average Bonchev–Trinajstić information content (AvgIpc) is 2.37. The van der Waals surface area contributed by atoms with Crippen LogP contribution in [0.1, 0.15) is 38.3 Å². The fourth-order valence-electron chi connectivity index (χ4n) is 2.51. The van der Waals surface area contributed by atoms with E-state index in [-0.39, 0.29) is 0 Å². The second kappa shape index (κ2) is 5.92. The maximum Gasteiger partial charge on any atom is 0.134 e. The van der Waals surface area contributed by atoms with E-state index in [0.717, 1.165) is 44.5 Å². The van der Waals surface area contributed by atoms with Gasteiger partial charge in [-0.2, -0.15) is 0 Å². The molecular weight excluding hydrogens is 212 g/mol. The third-order valence-electron chi connectivity index (χ3n) is 3.47. The highest BCUT2D eigenvalue weighted by Crippen LogP contribution is 2.21. The SMILES string of the molecule is CCN(Cc1ccccn1)C1CCCC(=O)C1. The van der Waals surface area contributed by atoms with E-state index in [1.165, 1.54) is 0 Å². The molecule has 1 aromatic heterocycles. The molecule has 2 rings (SSSR count). The summed E-state index contributed by atoms with van der Waals surface area (Å²) >= 11 is 0. The molecule has 0 amide bonds. The highest BCUT2D eigenvalue weighted by Gasteiger charge is 2.24. The van der Waals surface area contributed by atoms with Crippen LogP contribution in [-0.2, 0) is 11.3 Å². The average molecular weight is 232 g/mol. The van der Waals surface area contributed by atoms with Gasteiger partial charge in [0.1, 0.15) is 5.78 Å². The van der Waals surface area contributed by atoms with Gasteiger partial charge in [0, 0.05) is 31.6 Å². The van der Waals surface area contributed by atoms with E-state index in [9.17, 15) is 4.79 Å². The number of hydrogen-bond acceptors (Lipinski definition) is 3. The summed E-state index contributed by atoms with van der Waals surface area (Å²) < 4.78 is 0. The van der Waals surface area contributed by atoms with Crippen LogP contribution in [0.4, 0.5) is 0 Å². The van der Waals surface area contributed by atoms with Gasteiger partial charge in [0.15, 0.2) is 0 Å². The van der Waals surface area contributed by atoms with Gasteiger partial charge in [-0.1, -0.05) is 13.0 Å². The molecule has 1 aromatic rings. The van der Waals surface area contributed by atoms with E-state index in [1.54, 1.807) is 0 Å². The first-order valence-corrected chi connectivity index (χ1v) is 6.45. The first kappa shape index (κ1) is 12.2. The van der Waals surface area contributed by atoms with Gasteiger partial charge >= 0.3 is 0 Å². The van der Waals surface area contributed by atoms with E-state index < -0.39 is 0 Å². The van der Waals surface area contributed by atoms with Crippen LogP contribution >= 0.6 is 0 Å². The van der Waals surface area contributed by atoms with Gasteiger partial charge in [0.2, 0.25) is 0 Å². The van der Waals surface area contributed by atoms with Crippen molar-refractivity contribution in [2.75, 3.05) is 6.54 Å². The smallest absolute Gasteiger partial charge is 0.134 e. The molecule has 0 aliphatic heterocycles. The lowest BCUT2D eigenvalue weighted by molar-refractivity contribution is -0.122. The maximum absolute atomic E-state index is 11.5. The Bertz CT molecular complexity index is 364. The highest BCUT2D eigenvalue weighted by molar-refractivity contribution is 5.79. The molecule has 3 nitrogen and oxygen atoms in total. The molecule has 92 valence electrons. The van der Waals surface area contributed by atoms with Crippen LogP contribution in [0.2, 0.25) is 0 Å². The first-order valence-electron chi connectivity index (χ1n) is 6.45. The Morgan fingerprint density at radius 2 is 2.35 bits per heavy atom. The molecule has 0 radical (unpaired) electrons. The minimum absolute atomic E-state index is 0.417. The molecule has 1 saturated carbocycles. The van der Waals surface area contributed by atoms with Gasteiger partial charge in [-0.25, -0.2) is 0 Å². The van der Waals surface area contributed by atoms with E-state index in [2.05, 4.69) is 16.8 Å². The standard InChI is InChI=1S/C14H20N2O/c1-2-16(11-12-6-3-4-9-15-12)13-7-5-8-14(17)10-13/h3-4,6,9,13H,2,5,7-8,10-11H2,1H3. The van der Waals surface area contributed by atoms with Gasteiger partial charge < -0.3 is 0 Å². The van der Waals surface area contributed by atoms with Crippen molar-refractivity contribution in [2.24, 2.45) is 0 Å². The van der Waals surface area contributed by atoms with Gasteiger partial charge in [-0.3, -0.25) is 14.7 Å². The fraction of sp³-hybridized carbons (Fsp3) is 0.571. The number of Topliss-reactive ketones (excluding diaryl/α,β-unsaturated/α-hetero) is 1. The molecule has 0 bridgehead atoms. The van der Waals surface area contributed by atoms with Crippen LogP contribution in [-0.4, -0.2) is 28.3 Å². The second-order valence-electron chi connectivity index (χ2n) is 4.67. The lowest BCUT2D eigenvalue weighted by Gasteiger charge is -2.32. The molecule has 0 saturated heterocycles. The lowest BCUT2D eigenvalue weighted by atomic mass is 9.93. The quantitative estimate of drug-likeness (QED) is 0.799. The summed E-state index contributed by atoms with van der Waals surface area (Å²) in [5.41, 5.74) is 1.09. The Labute approximate surface area is 103 Å². The predicted octanol–water partition coefficient (Wildman–Crippen LogP) is 2.42. The van der Waals surface area contributed by atoms with Crippen LogP contribution in [0, 0.1) is 0 Å². The highest BCUT2D eigenvalue weighted by atomic mass is 16.1. The molecule has 1 fully saturated rings. The predicted molar refractivity (Wildman–Crippen MR) is 67.6 cm³/mol. The molecule has 1 unspecified atom stereocenters. The molecule has 1 aliphatic rings.